The average molecular weight is 439 g/mol. The van der Waals surface area contributed by atoms with E-state index in [9.17, 15) is 0 Å². The van der Waals surface area contributed by atoms with Gasteiger partial charge in [-0.2, -0.15) is 0 Å². The van der Waals surface area contributed by atoms with Crippen LogP contribution >= 0.6 is 17.0 Å². The Balaban J connectivity index is 0.000000647. The summed E-state index contributed by atoms with van der Waals surface area (Å²) in [5, 5.41) is 0. The topological polar surface area (TPSA) is 0 Å². The van der Waals surface area contributed by atoms with Gasteiger partial charge < -0.3 is 0 Å². The quantitative estimate of drug-likeness (QED) is 0.456. The monoisotopic (exact) mass is 436 g/mol. The Labute approximate surface area is 164 Å². The number of hydrogen-bond acceptors (Lipinski definition) is 0. The van der Waals surface area contributed by atoms with Gasteiger partial charge in [0.25, 0.3) is 0 Å². The summed E-state index contributed by atoms with van der Waals surface area (Å²) in [4.78, 5) is 0. The van der Waals surface area contributed by atoms with Crippen LogP contribution in [0.25, 0.3) is 17.2 Å². The third-order valence-electron chi connectivity index (χ3n) is 4.50. The van der Waals surface area contributed by atoms with Gasteiger partial charge in [0.1, 0.15) is 0 Å². The Morgan fingerprint density at radius 3 is 2.33 bits per heavy atom. The van der Waals surface area contributed by atoms with Crippen LogP contribution in [-0.4, -0.2) is 0 Å². The van der Waals surface area contributed by atoms with E-state index in [-0.39, 0.29) is 0 Å². The number of benzene rings is 2. The van der Waals surface area contributed by atoms with Crippen LogP contribution in [0.2, 0.25) is 0 Å². The first-order valence-electron chi connectivity index (χ1n) is 8.60. The van der Waals surface area contributed by atoms with Gasteiger partial charge in [0, 0.05) is 0 Å². The van der Waals surface area contributed by atoms with E-state index in [0.29, 0.717) is 0 Å². The van der Waals surface area contributed by atoms with Crippen molar-refractivity contribution in [3.8, 4) is 11.1 Å². The molecule has 0 nitrogen and oxygen atoms in total. The third-order valence-corrected chi connectivity index (χ3v) is 4.50. The molecule has 126 valence electrons. The molecule has 0 saturated carbocycles. The molecular weight excluding hydrogens is 414 g/mol. The summed E-state index contributed by atoms with van der Waals surface area (Å²) in [7, 11) is 9.87. The van der Waals surface area contributed by atoms with Gasteiger partial charge in [-0.15, -0.1) is 0 Å². The van der Waals surface area contributed by atoms with Gasteiger partial charge >= 0.3 is 37.9 Å². The molecule has 0 heterocycles. The second kappa shape index (κ2) is 10.6. The van der Waals surface area contributed by atoms with E-state index < -0.39 is 20.8 Å². The summed E-state index contributed by atoms with van der Waals surface area (Å²) in [6.45, 7) is 4.50. The van der Waals surface area contributed by atoms with E-state index in [2.05, 4.69) is 62.4 Å². The molecule has 2 aromatic carbocycles. The van der Waals surface area contributed by atoms with E-state index in [1.165, 1.54) is 47.1 Å². The molecule has 0 saturated heterocycles. The summed E-state index contributed by atoms with van der Waals surface area (Å²) in [6.07, 6.45) is 8.43. The summed E-state index contributed by atoms with van der Waals surface area (Å²) in [5.41, 5.74) is 8.67. The summed E-state index contributed by atoms with van der Waals surface area (Å²) in [6, 6.07) is 15.9. The standard InChI is InChI=1S/C21H24.2ClH.Zr/c1-3-5-7-17-10-12-18(13-11-17)20-9-6-8-19-14-16(4-2)15-21(19)20;;;/h6,8-13,15H,3-5,7,14H2,1-2H3;2*1H;/q;;;+2/p-2. The predicted octanol–water partition coefficient (Wildman–Crippen LogP) is 7.42. The first-order valence-corrected chi connectivity index (χ1v) is 14.9. The van der Waals surface area contributed by atoms with Crippen LogP contribution in [0, 0.1) is 0 Å². The SMILES string of the molecule is CCCCc1ccc(-c2cccc3c2C=C(CC)C3)cc1.[Cl][Zr][Cl]. The molecule has 0 fully saturated rings. The van der Waals surface area contributed by atoms with Crippen molar-refractivity contribution in [3.05, 3.63) is 64.7 Å². The second-order valence-corrected chi connectivity index (χ2v) is 9.81. The van der Waals surface area contributed by atoms with Crippen molar-refractivity contribution >= 4 is 23.1 Å². The van der Waals surface area contributed by atoms with E-state index in [1.54, 1.807) is 5.57 Å². The van der Waals surface area contributed by atoms with E-state index in [1.807, 2.05) is 0 Å². The maximum absolute atomic E-state index is 4.93. The van der Waals surface area contributed by atoms with Crippen molar-refractivity contribution in [1.82, 2.24) is 0 Å². The minimum atomic E-state index is -0.826. The van der Waals surface area contributed by atoms with Crippen molar-refractivity contribution in [2.24, 2.45) is 0 Å². The number of aryl methyl sites for hydroxylation is 1. The molecule has 0 radical (unpaired) electrons. The van der Waals surface area contributed by atoms with Gasteiger partial charge in [-0.1, -0.05) is 74.4 Å². The first-order chi connectivity index (χ1) is 11.7. The molecule has 1 aliphatic rings. The zero-order chi connectivity index (χ0) is 17.4. The van der Waals surface area contributed by atoms with Gasteiger partial charge in [0.05, 0.1) is 0 Å². The number of hydrogen-bond donors (Lipinski definition) is 0. The maximum atomic E-state index is 4.93. The Kier molecular flexibility index (Phi) is 8.81. The summed E-state index contributed by atoms with van der Waals surface area (Å²) < 4.78 is 0. The van der Waals surface area contributed by atoms with Crippen molar-refractivity contribution in [3.63, 3.8) is 0 Å². The molecule has 0 bridgehead atoms. The van der Waals surface area contributed by atoms with Crippen LogP contribution in [0.1, 0.15) is 49.8 Å². The Hall–Kier alpha value is -0.357. The van der Waals surface area contributed by atoms with Crippen LogP contribution in [0.15, 0.2) is 48.0 Å². The molecule has 0 aliphatic heterocycles. The van der Waals surface area contributed by atoms with Gasteiger partial charge in [0.15, 0.2) is 0 Å². The predicted molar refractivity (Wildman–Crippen MR) is 104 cm³/mol. The van der Waals surface area contributed by atoms with Crippen molar-refractivity contribution in [1.29, 1.82) is 0 Å². The van der Waals surface area contributed by atoms with Crippen LogP contribution in [0.5, 0.6) is 0 Å². The fourth-order valence-electron chi connectivity index (χ4n) is 3.15. The first kappa shape index (κ1) is 20.0. The fraction of sp³-hybridized carbons (Fsp3) is 0.333. The zero-order valence-electron chi connectivity index (χ0n) is 14.4. The van der Waals surface area contributed by atoms with Crippen molar-refractivity contribution < 1.29 is 20.8 Å². The molecule has 0 amide bonds. The minimum absolute atomic E-state index is 0.826. The molecule has 0 N–H and O–H groups in total. The zero-order valence-corrected chi connectivity index (χ0v) is 18.4. The number of rotatable bonds is 5. The normalized spacial score (nSPS) is 12.1. The molecule has 2 aromatic rings. The van der Waals surface area contributed by atoms with Crippen LogP contribution in [0.4, 0.5) is 0 Å². The van der Waals surface area contributed by atoms with Crippen LogP contribution in [-0.2, 0) is 33.7 Å². The Bertz CT molecular complexity index is 675. The fourth-order valence-corrected chi connectivity index (χ4v) is 3.15. The van der Waals surface area contributed by atoms with Crippen molar-refractivity contribution in [2.75, 3.05) is 0 Å². The summed E-state index contributed by atoms with van der Waals surface area (Å²) in [5.74, 6) is 0. The van der Waals surface area contributed by atoms with Crippen LogP contribution in [0.3, 0.4) is 0 Å². The summed E-state index contributed by atoms with van der Waals surface area (Å²) >= 11 is -0.826. The number of unbranched alkanes of at least 4 members (excludes halogenated alkanes) is 1. The molecule has 3 heteroatoms. The molecule has 0 spiro atoms. The van der Waals surface area contributed by atoms with E-state index in [4.69, 9.17) is 17.0 Å². The van der Waals surface area contributed by atoms with Gasteiger partial charge in [-0.25, -0.2) is 0 Å². The molecular formula is C21H24Cl2Zr. The molecule has 3 rings (SSSR count). The van der Waals surface area contributed by atoms with Gasteiger partial charge in [0.2, 0.25) is 0 Å². The molecule has 0 unspecified atom stereocenters. The molecule has 0 aromatic heterocycles. The van der Waals surface area contributed by atoms with Crippen LogP contribution < -0.4 is 0 Å². The van der Waals surface area contributed by atoms with E-state index in [0.717, 1.165) is 12.8 Å². The van der Waals surface area contributed by atoms with Crippen molar-refractivity contribution in [2.45, 2.75) is 46.0 Å². The Morgan fingerprint density at radius 2 is 1.71 bits per heavy atom. The number of fused-ring (bicyclic) bond motifs is 1. The number of halogens is 2. The third kappa shape index (κ3) is 5.32. The average Bonchev–Trinajstić information content (AvgIpc) is 3.04. The number of allylic oxidation sites excluding steroid dienone is 1. The molecule has 0 atom stereocenters. The molecule has 1 aliphatic carbocycles. The second-order valence-electron chi connectivity index (χ2n) is 6.08. The Morgan fingerprint density at radius 1 is 1.00 bits per heavy atom. The van der Waals surface area contributed by atoms with E-state index >= 15 is 0 Å². The van der Waals surface area contributed by atoms with Gasteiger partial charge in [-0.3, -0.25) is 0 Å². The van der Waals surface area contributed by atoms with Gasteiger partial charge in [-0.05, 0) is 53.5 Å². The molecule has 24 heavy (non-hydrogen) atoms.